The summed E-state index contributed by atoms with van der Waals surface area (Å²) in [5.74, 6) is 0. The summed E-state index contributed by atoms with van der Waals surface area (Å²) < 4.78 is 1.75. The second-order valence-corrected chi connectivity index (χ2v) is 4.41. The second kappa shape index (κ2) is 2.70. The Bertz CT molecular complexity index is 516. The van der Waals surface area contributed by atoms with Crippen molar-refractivity contribution in [2.24, 2.45) is 0 Å². The van der Waals surface area contributed by atoms with Gasteiger partial charge in [-0.05, 0) is 0 Å². The zero-order valence-corrected chi connectivity index (χ0v) is 8.53. The van der Waals surface area contributed by atoms with Crippen LogP contribution in [-0.2, 0) is 5.41 Å². The summed E-state index contributed by atoms with van der Waals surface area (Å²) in [7, 11) is 0. The first-order valence-corrected chi connectivity index (χ1v) is 4.55. The van der Waals surface area contributed by atoms with Gasteiger partial charge in [-0.15, -0.1) is 0 Å². The van der Waals surface area contributed by atoms with Crippen molar-refractivity contribution in [3.05, 3.63) is 34.6 Å². The van der Waals surface area contributed by atoms with E-state index in [0.717, 1.165) is 5.69 Å². The maximum atomic E-state index is 11.6. The van der Waals surface area contributed by atoms with Gasteiger partial charge in [-0.1, -0.05) is 20.8 Å². The van der Waals surface area contributed by atoms with E-state index in [1.807, 2.05) is 6.20 Å². The van der Waals surface area contributed by atoms with Crippen molar-refractivity contribution in [3.8, 4) is 0 Å². The summed E-state index contributed by atoms with van der Waals surface area (Å²) in [6.45, 7) is 6.17. The van der Waals surface area contributed by atoms with Gasteiger partial charge in [-0.2, -0.15) is 0 Å². The molecule has 0 unspecified atom stereocenters. The zero-order chi connectivity index (χ0) is 10.3. The van der Waals surface area contributed by atoms with Crippen molar-refractivity contribution in [1.82, 2.24) is 14.4 Å². The molecule has 0 bridgehead atoms. The summed E-state index contributed by atoms with van der Waals surface area (Å²) in [5.41, 5.74) is 1.16. The maximum Gasteiger partial charge on any atom is 0.291 e. The molecule has 0 aliphatic heterocycles. The van der Waals surface area contributed by atoms with Gasteiger partial charge in [0.2, 0.25) is 5.65 Å². The Morgan fingerprint density at radius 3 is 2.79 bits per heavy atom. The molecular weight excluding hydrogens is 178 g/mol. The van der Waals surface area contributed by atoms with Gasteiger partial charge in [0.1, 0.15) is 0 Å². The van der Waals surface area contributed by atoms with Gasteiger partial charge in [0, 0.05) is 29.7 Å². The Hall–Kier alpha value is -1.58. The lowest BCUT2D eigenvalue weighted by Gasteiger charge is -2.18. The van der Waals surface area contributed by atoms with Crippen LogP contribution in [0.3, 0.4) is 0 Å². The van der Waals surface area contributed by atoms with Crippen LogP contribution < -0.4 is 5.56 Å². The lowest BCUT2D eigenvalue weighted by atomic mass is 9.93. The zero-order valence-electron chi connectivity index (χ0n) is 8.53. The molecule has 4 nitrogen and oxygen atoms in total. The highest BCUT2D eigenvalue weighted by molar-refractivity contribution is 5.35. The number of nitrogens with one attached hydrogen (secondary N) is 1. The predicted molar refractivity (Wildman–Crippen MR) is 54.5 cm³/mol. The van der Waals surface area contributed by atoms with E-state index in [4.69, 9.17) is 0 Å². The van der Waals surface area contributed by atoms with E-state index in [-0.39, 0.29) is 11.0 Å². The average molecular weight is 191 g/mol. The molecule has 14 heavy (non-hydrogen) atoms. The Morgan fingerprint density at radius 1 is 1.43 bits per heavy atom. The van der Waals surface area contributed by atoms with Gasteiger partial charge in [-0.3, -0.25) is 4.79 Å². The van der Waals surface area contributed by atoms with Crippen LogP contribution in [0.4, 0.5) is 0 Å². The third kappa shape index (κ3) is 1.32. The number of fused-ring (bicyclic) bond motifs is 1. The maximum absolute atomic E-state index is 11.6. The molecule has 0 amide bonds. The first-order chi connectivity index (χ1) is 6.48. The molecule has 0 fully saturated rings. The molecule has 0 saturated heterocycles. The van der Waals surface area contributed by atoms with Crippen LogP contribution in [0.2, 0.25) is 0 Å². The lowest BCUT2D eigenvalue weighted by Crippen LogP contribution is -2.21. The van der Waals surface area contributed by atoms with Crippen LogP contribution >= 0.6 is 0 Å². The van der Waals surface area contributed by atoms with E-state index in [1.165, 1.54) is 0 Å². The molecule has 0 spiro atoms. The van der Waals surface area contributed by atoms with Crippen molar-refractivity contribution in [2.75, 3.05) is 0 Å². The normalized spacial score (nSPS) is 12.2. The minimum atomic E-state index is -0.137. The summed E-state index contributed by atoms with van der Waals surface area (Å²) >= 11 is 0. The minimum Gasteiger partial charge on any atom is -0.321 e. The summed E-state index contributed by atoms with van der Waals surface area (Å²) in [6, 6.07) is 0. The molecule has 0 aliphatic carbocycles. The van der Waals surface area contributed by atoms with Gasteiger partial charge in [-0.25, -0.2) is 4.98 Å². The Kier molecular flexibility index (Phi) is 1.74. The molecule has 2 heterocycles. The van der Waals surface area contributed by atoms with Crippen LogP contribution in [0.1, 0.15) is 26.5 Å². The molecular formula is C10H13N3O. The molecule has 0 aromatic carbocycles. The topological polar surface area (TPSA) is 50.2 Å². The molecule has 2 aromatic rings. The summed E-state index contributed by atoms with van der Waals surface area (Å²) in [5, 5.41) is 0. The van der Waals surface area contributed by atoms with E-state index >= 15 is 0 Å². The standard InChI is InChI=1S/C10H13N3O/c1-10(2,3)7-6-13-5-4-11-8(13)9(14)12-7/h4-6H,1-3H3,(H,12,14). The fraction of sp³-hybridized carbons (Fsp3) is 0.400. The number of rotatable bonds is 0. The van der Waals surface area contributed by atoms with Crippen molar-refractivity contribution in [2.45, 2.75) is 26.2 Å². The Morgan fingerprint density at radius 2 is 2.14 bits per heavy atom. The van der Waals surface area contributed by atoms with Crippen LogP contribution in [0.5, 0.6) is 0 Å². The molecule has 4 heteroatoms. The Labute approximate surface area is 81.6 Å². The number of nitrogens with zero attached hydrogens (tertiary/aromatic N) is 2. The number of H-pyrrole nitrogens is 1. The highest BCUT2D eigenvalue weighted by Crippen LogP contribution is 2.18. The van der Waals surface area contributed by atoms with Crippen molar-refractivity contribution >= 4 is 5.65 Å². The quantitative estimate of drug-likeness (QED) is 0.682. The van der Waals surface area contributed by atoms with Gasteiger partial charge in [0.25, 0.3) is 5.56 Å². The fourth-order valence-corrected chi connectivity index (χ4v) is 1.32. The molecule has 0 radical (unpaired) electrons. The van der Waals surface area contributed by atoms with E-state index in [1.54, 1.807) is 16.8 Å². The molecule has 74 valence electrons. The summed E-state index contributed by atoms with van der Waals surface area (Å²) in [4.78, 5) is 18.4. The highest BCUT2D eigenvalue weighted by atomic mass is 16.1. The molecule has 0 atom stereocenters. The van der Waals surface area contributed by atoms with E-state index < -0.39 is 0 Å². The van der Waals surface area contributed by atoms with Crippen LogP contribution in [0, 0.1) is 0 Å². The van der Waals surface area contributed by atoms with Gasteiger partial charge in [0.15, 0.2) is 0 Å². The third-order valence-electron chi connectivity index (χ3n) is 2.20. The monoisotopic (exact) mass is 191 g/mol. The number of aromatic nitrogens is 3. The molecule has 0 saturated carbocycles. The van der Waals surface area contributed by atoms with Crippen LogP contribution in [0.15, 0.2) is 23.4 Å². The predicted octanol–water partition coefficient (Wildman–Crippen LogP) is 1.32. The molecule has 2 rings (SSSR count). The highest BCUT2D eigenvalue weighted by Gasteiger charge is 2.16. The summed E-state index contributed by atoms with van der Waals surface area (Å²) in [6.07, 6.45) is 5.31. The molecule has 1 N–H and O–H groups in total. The van der Waals surface area contributed by atoms with E-state index in [0.29, 0.717) is 5.65 Å². The third-order valence-corrected chi connectivity index (χ3v) is 2.20. The van der Waals surface area contributed by atoms with Gasteiger partial charge < -0.3 is 9.38 Å². The smallest absolute Gasteiger partial charge is 0.291 e. The van der Waals surface area contributed by atoms with Crippen molar-refractivity contribution in [1.29, 1.82) is 0 Å². The van der Waals surface area contributed by atoms with Crippen molar-refractivity contribution < 1.29 is 0 Å². The second-order valence-electron chi connectivity index (χ2n) is 4.41. The SMILES string of the molecule is CC(C)(C)c1cn2ccnc2c(=O)[nH]1. The van der Waals surface area contributed by atoms with Crippen LogP contribution in [0.25, 0.3) is 5.65 Å². The number of aromatic amines is 1. The van der Waals surface area contributed by atoms with E-state index in [2.05, 4.69) is 30.7 Å². The van der Waals surface area contributed by atoms with Crippen molar-refractivity contribution in [3.63, 3.8) is 0 Å². The van der Waals surface area contributed by atoms with Gasteiger partial charge in [0.05, 0.1) is 0 Å². The van der Waals surface area contributed by atoms with E-state index in [9.17, 15) is 4.79 Å². The average Bonchev–Trinajstić information content (AvgIpc) is 2.50. The lowest BCUT2D eigenvalue weighted by molar-refractivity contribution is 0.562. The van der Waals surface area contributed by atoms with Gasteiger partial charge >= 0.3 is 0 Å². The number of hydrogen-bond donors (Lipinski definition) is 1. The number of hydrogen-bond acceptors (Lipinski definition) is 2. The Balaban J connectivity index is 2.77. The largest absolute Gasteiger partial charge is 0.321 e. The van der Waals surface area contributed by atoms with Crippen LogP contribution in [-0.4, -0.2) is 14.4 Å². The fourth-order valence-electron chi connectivity index (χ4n) is 1.32. The molecule has 2 aromatic heterocycles. The number of imidazole rings is 1. The first-order valence-electron chi connectivity index (χ1n) is 4.55. The first kappa shape index (κ1) is 8.99. The minimum absolute atomic E-state index is 0.0579. The molecule has 0 aliphatic rings.